The molecule has 2 heteroatoms. The Hall–Kier alpha value is 0.440. The van der Waals surface area contributed by atoms with Crippen molar-refractivity contribution in [1.82, 2.24) is 0 Å². The Morgan fingerprint density at radius 1 is 1.18 bits per heavy atom. The molecule has 0 aromatic heterocycles. The molecule has 64 valence electrons. The van der Waals surface area contributed by atoms with Gasteiger partial charge in [0.1, 0.15) is 0 Å². The molecule has 2 saturated carbocycles. The SMILES string of the molecule is OC1CC2CC1CC2CCBr. The zero-order valence-corrected chi connectivity index (χ0v) is 8.26. The van der Waals surface area contributed by atoms with E-state index in [0.717, 1.165) is 23.6 Å². The summed E-state index contributed by atoms with van der Waals surface area (Å²) in [7, 11) is 0. The van der Waals surface area contributed by atoms with E-state index in [9.17, 15) is 5.11 Å². The van der Waals surface area contributed by atoms with Gasteiger partial charge in [-0.25, -0.2) is 0 Å². The summed E-state index contributed by atoms with van der Waals surface area (Å²) < 4.78 is 0. The molecule has 2 bridgehead atoms. The Balaban J connectivity index is 1.92. The Labute approximate surface area is 76.3 Å². The summed E-state index contributed by atoms with van der Waals surface area (Å²) in [5.41, 5.74) is 0. The predicted octanol–water partition coefficient (Wildman–Crippen LogP) is 2.18. The summed E-state index contributed by atoms with van der Waals surface area (Å²) in [5, 5.41) is 10.6. The van der Waals surface area contributed by atoms with E-state index >= 15 is 0 Å². The summed E-state index contributed by atoms with van der Waals surface area (Å²) in [5.74, 6) is 2.43. The van der Waals surface area contributed by atoms with Crippen molar-refractivity contribution in [1.29, 1.82) is 0 Å². The molecular weight excluding hydrogens is 204 g/mol. The topological polar surface area (TPSA) is 20.2 Å². The number of rotatable bonds is 2. The molecule has 0 saturated heterocycles. The number of aliphatic hydroxyl groups excluding tert-OH is 1. The van der Waals surface area contributed by atoms with Crippen LogP contribution in [0.15, 0.2) is 0 Å². The molecule has 4 atom stereocenters. The lowest BCUT2D eigenvalue weighted by Crippen LogP contribution is -2.21. The normalized spacial score (nSPS) is 48.5. The first-order valence-corrected chi connectivity index (χ1v) is 5.67. The second kappa shape index (κ2) is 3.06. The van der Waals surface area contributed by atoms with Crippen LogP contribution in [0.4, 0.5) is 0 Å². The smallest absolute Gasteiger partial charge is 0.0571 e. The summed E-state index contributed by atoms with van der Waals surface area (Å²) in [6, 6.07) is 0. The highest BCUT2D eigenvalue weighted by molar-refractivity contribution is 9.09. The first-order valence-electron chi connectivity index (χ1n) is 4.55. The molecule has 2 rings (SSSR count). The molecule has 0 radical (unpaired) electrons. The average Bonchev–Trinajstić information content (AvgIpc) is 2.47. The second-order valence-corrected chi connectivity index (χ2v) is 4.83. The van der Waals surface area contributed by atoms with E-state index in [2.05, 4.69) is 15.9 Å². The number of aliphatic hydroxyl groups is 1. The van der Waals surface area contributed by atoms with E-state index in [4.69, 9.17) is 0 Å². The molecule has 0 aromatic carbocycles. The number of halogens is 1. The zero-order valence-electron chi connectivity index (χ0n) is 6.67. The van der Waals surface area contributed by atoms with E-state index in [1.807, 2.05) is 0 Å². The van der Waals surface area contributed by atoms with Crippen LogP contribution >= 0.6 is 15.9 Å². The fraction of sp³-hybridized carbons (Fsp3) is 1.00. The predicted molar refractivity (Wildman–Crippen MR) is 48.7 cm³/mol. The summed E-state index contributed by atoms with van der Waals surface area (Å²) in [6.45, 7) is 0. The Kier molecular flexibility index (Phi) is 2.24. The van der Waals surface area contributed by atoms with Gasteiger partial charge >= 0.3 is 0 Å². The van der Waals surface area contributed by atoms with Crippen molar-refractivity contribution in [3.8, 4) is 0 Å². The van der Waals surface area contributed by atoms with Gasteiger partial charge in [0.15, 0.2) is 0 Å². The molecule has 2 fully saturated rings. The molecule has 4 unspecified atom stereocenters. The van der Waals surface area contributed by atoms with Crippen LogP contribution in [0.3, 0.4) is 0 Å². The lowest BCUT2D eigenvalue weighted by atomic mass is 9.86. The van der Waals surface area contributed by atoms with Gasteiger partial charge in [-0.05, 0) is 43.4 Å². The van der Waals surface area contributed by atoms with Crippen LogP contribution in [0, 0.1) is 17.8 Å². The molecule has 0 spiro atoms. The Morgan fingerprint density at radius 3 is 2.45 bits per heavy atom. The summed E-state index contributed by atoms with van der Waals surface area (Å²) in [6.07, 6.45) is 5.04. The molecule has 0 heterocycles. The van der Waals surface area contributed by atoms with Gasteiger partial charge in [0.25, 0.3) is 0 Å². The molecule has 1 N–H and O–H groups in total. The number of hydrogen-bond acceptors (Lipinski definition) is 1. The molecule has 2 aliphatic rings. The third-order valence-electron chi connectivity index (χ3n) is 3.45. The average molecular weight is 219 g/mol. The van der Waals surface area contributed by atoms with Crippen LogP contribution in [0.5, 0.6) is 0 Å². The van der Waals surface area contributed by atoms with Crippen LogP contribution in [0.2, 0.25) is 0 Å². The first kappa shape index (κ1) is 8.06. The summed E-state index contributed by atoms with van der Waals surface area (Å²) >= 11 is 3.48. The Morgan fingerprint density at radius 2 is 2.00 bits per heavy atom. The van der Waals surface area contributed by atoms with Gasteiger partial charge in [-0.3, -0.25) is 0 Å². The van der Waals surface area contributed by atoms with Crippen LogP contribution in [0.1, 0.15) is 25.7 Å². The molecular formula is C9H15BrO. The molecule has 2 aliphatic carbocycles. The lowest BCUT2D eigenvalue weighted by molar-refractivity contribution is 0.0946. The minimum Gasteiger partial charge on any atom is -0.393 e. The lowest BCUT2D eigenvalue weighted by Gasteiger charge is -2.23. The van der Waals surface area contributed by atoms with E-state index in [1.54, 1.807) is 0 Å². The quantitative estimate of drug-likeness (QED) is 0.705. The van der Waals surface area contributed by atoms with Crippen LogP contribution in [-0.2, 0) is 0 Å². The van der Waals surface area contributed by atoms with Gasteiger partial charge in [0.05, 0.1) is 6.10 Å². The van der Waals surface area contributed by atoms with E-state index in [1.165, 1.54) is 19.3 Å². The van der Waals surface area contributed by atoms with E-state index in [0.29, 0.717) is 5.92 Å². The molecule has 11 heavy (non-hydrogen) atoms. The number of fused-ring (bicyclic) bond motifs is 2. The third-order valence-corrected chi connectivity index (χ3v) is 3.90. The highest BCUT2D eigenvalue weighted by Gasteiger charge is 2.44. The van der Waals surface area contributed by atoms with E-state index < -0.39 is 0 Å². The number of alkyl halides is 1. The van der Waals surface area contributed by atoms with Crippen molar-refractivity contribution in [3.05, 3.63) is 0 Å². The van der Waals surface area contributed by atoms with Crippen molar-refractivity contribution in [2.24, 2.45) is 17.8 Å². The molecule has 0 amide bonds. The van der Waals surface area contributed by atoms with Gasteiger partial charge in [-0.1, -0.05) is 15.9 Å². The standard InChI is InChI=1S/C9H15BrO/c10-2-1-6-3-8-4-7(6)5-9(8)11/h6-9,11H,1-5H2. The molecule has 0 aromatic rings. The summed E-state index contributed by atoms with van der Waals surface area (Å²) in [4.78, 5) is 0. The minimum atomic E-state index is 0.0478. The maximum Gasteiger partial charge on any atom is 0.0571 e. The van der Waals surface area contributed by atoms with Crippen molar-refractivity contribution in [3.63, 3.8) is 0 Å². The highest BCUT2D eigenvalue weighted by atomic mass is 79.9. The van der Waals surface area contributed by atoms with Gasteiger partial charge in [0.2, 0.25) is 0 Å². The van der Waals surface area contributed by atoms with Gasteiger partial charge in [0, 0.05) is 5.33 Å². The van der Waals surface area contributed by atoms with Crippen molar-refractivity contribution in [2.45, 2.75) is 31.8 Å². The minimum absolute atomic E-state index is 0.0478. The van der Waals surface area contributed by atoms with Crippen molar-refractivity contribution < 1.29 is 5.11 Å². The van der Waals surface area contributed by atoms with E-state index in [-0.39, 0.29) is 6.10 Å². The van der Waals surface area contributed by atoms with Gasteiger partial charge in [-0.2, -0.15) is 0 Å². The van der Waals surface area contributed by atoms with Crippen molar-refractivity contribution >= 4 is 15.9 Å². The molecule has 1 nitrogen and oxygen atoms in total. The monoisotopic (exact) mass is 218 g/mol. The number of hydrogen-bond donors (Lipinski definition) is 1. The first-order chi connectivity index (χ1) is 5.31. The third kappa shape index (κ3) is 1.35. The second-order valence-electron chi connectivity index (χ2n) is 4.03. The van der Waals surface area contributed by atoms with Crippen molar-refractivity contribution in [2.75, 3.05) is 5.33 Å². The van der Waals surface area contributed by atoms with Crippen LogP contribution < -0.4 is 0 Å². The maximum atomic E-state index is 9.49. The highest BCUT2D eigenvalue weighted by Crippen LogP contribution is 2.49. The fourth-order valence-corrected chi connectivity index (χ4v) is 3.45. The van der Waals surface area contributed by atoms with Crippen LogP contribution in [-0.4, -0.2) is 16.5 Å². The van der Waals surface area contributed by atoms with Gasteiger partial charge in [-0.15, -0.1) is 0 Å². The fourth-order valence-electron chi connectivity index (χ4n) is 2.86. The van der Waals surface area contributed by atoms with Crippen LogP contribution in [0.25, 0.3) is 0 Å². The zero-order chi connectivity index (χ0) is 7.84. The Bertz CT molecular complexity index is 146. The largest absolute Gasteiger partial charge is 0.393 e. The maximum absolute atomic E-state index is 9.49. The molecule has 0 aliphatic heterocycles. The van der Waals surface area contributed by atoms with Gasteiger partial charge < -0.3 is 5.11 Å².